The summed E-state index contributed by atoms with van der Waals surface area (Å²) in [5.74, 6) is 0. The summed E-state index contributed by atoms with van der Waals surface area (Å²) in [7, 11) is 0. The molecule has 0 nitrogen and oxygen atoms in total. The van der Waals surface area contributed by atoms with Crippen molar-refractivity contribution < 1.29 is 0 Å². The molecule has 3 aliphatic rings. The number of fused-ring (bicyclic) bond motifs is 3. The van der Waals surface area contributed by atoms with Crippen LogP contribution >= 0.6 is 15.9 Å². The Kier molecular flexibility index (Phi) is 2.60. The van der Waals surface area contributed by atoms with Gasteiger partial charge in [0.25, 0.3) is 0 Å². The average molecular weight is 352 g/mol. The number of rotatable bonds is 1. The summed E-state index contributed by atoms with van der Waals surface area (Å²) < 4.78 is 1.45. The second-order valence-electron chi connectivity index (χ2n) is 6.18. The topological polar surface area (TPSA) is 0 Å². The van der Waals surface area contributed by atoms with Crippen LogP contribution in [-0.4, -0.2) is 22.7 Å². The molecule has 0 N–H and O–H groups in total. The number of halogens is 1. The van der Waals surface area contributed by atoms with E-state index in [2.05, 4.69) is 30.7 Å². The molecule has 13 heavy (non-hydrogen) atoms. The zero-order valence-corrected chi connectivity index (χ0v) is 13.6. The molecule has 2 bridgehead atoms. The van der Waals surface area contributed by atoms with Gasteiger partial charge in [-0.3, -0.25) is 0 Å². The number of hydrogen-bond acceptors (Lipinski definition) is 0. The van der Waals surface area contributed by atoms with Crippen LogP contribution in [0.5, 0.6) is 0 Å². The summed E-state index contributed by atoms with van der Waals surface area (Å²) >= 11 is 2.29. The van der Waals surface area contributed by atoms with E-state index in [4.69, 9.17) is 0 Å². The van der Waals surface area contributed by atoms with Crippen LogP contribution < -0.4 is 0 Å². The summed E-state index contributed by atoms with van der Waals surface area (Å²) in [6.45, 7) is 0. The van der Waals surface area contributed by atoms with E-state index < -0.39 is 18.4 Å². The van der Waals surface area contributed by atoms with E-state index in [1.54, 1.807) is 0 Å². The zero-order valence-electron chi connectivity index (χ0n) is 9.12. The Morgan fingerprint density at radius 3 is 1.54 bits per heavy atom. The van der Waals surface area contributed by atoms with E-state index in [0.717, 1.165) is 3.43 Å². The van der Waals surface area contributed by atoms with Crippen LogP contribution in [0, 0.1) is 0 Å². The molecule has 3 fully saturated rings. The molecule has 0 amide bonds. The van der Waals surface area contributed by atoms with Crippen molar-refractivity contribution in [2.75, 3.05) is 0 Å². The standard InChI is InChI=1S/C8H12Br.3CH3.Sn/c9-8-4-1-7(2-5-8)3-6-8;;;;/h1-6H2;3*1H3;. The first kappa shape index (κ1) is 10.8. The molecule has 0 unspecified atom stereocenters. The van der Waals surface area contributed by atoms with E-state index in [0.29, 0.717) is 4.32 Å². The van der Waals surface area contributed by atoms with Crippen molar-refractivity contribution in [1.82, 2.24) is 0 Å². The molecule has 3 saturated carbocycles. The molecule has 0 spiro atoms. The average Bonchev–Trinajstić information content (AvgIpc) is 2.04. The van der Waals surface area contributed by atoms with Crippen LogP contribution in [0.2, 0.25) is 18.2 Å². The first-order valence-electron chi connectivity index (χ1n) is 5.56. The summed E-state index contributed by atoms with van der Waals surface area (Å²) in [5, 5.41) is 0. The SMILES string of the molecule is [CH3][Sn]([CH3])([CH3])[C]12CCC(Br)(CC1)CC2. The number of alkyl halides is 1. The Labute approximate surface area is 94.9 Å². The molecule has 2 heteroatoms. The Morgan fingerprint density at radius 2 is 1.23 bits per heavy atom. The summed E-state index contributed by atoms with van der Waals surface area (Å²) in [6, 6.07) is 0. The van der Waals surface area contributed by atoms with E-state index >= 15 is 0 Å². The van der Waals surface area contributed by atoms with Crippen LogP contribution in [0.15, 0.2) is 0 Å². The van der Waals surface area contributed by atoms with Crippen molar-refractivity contribution in [2.24, 2.45) is 0 Å². The van der Waals surface area contributed by atoms with Crippen molar-refractivity contribution in [2.45, 2.75) is 61.1 Å². The molecule has 3 rings (SSSR count). The Morgan fingerprint density at radius 1 is 0.846 bits per heavy atom. The van der Waals surface area contributed by atoms with Gasteiger partial charge in [0.1, 0.15) is 0 Å². The molecule has 0 aromatic heterocycles. The van der Waals surface area contributed by atoms with Crippen molar-refractivity contribution >= 4 is 34.3 Å². The summed E-state index contributed by atoms with van der Waals surface area (Å²) in [6.07, 6.45) is 9.00. The monoisotopic (exact) mass is 352 g/mol. The van der Waals surface area contributed by atoms with Gasteiger partial charge in [-0.25, -0.2) is 0 Å². The number of hydrogen-bond donors (Lipinski definition) is 0. The minimum absolute atomic E-state index is 0.575. The minimum atomic E-state index is -1.66. The van der Waals surface area contributed by atoms with Crippen LogP contribution in [0.25, 0.3) is 0 Å². The van der Waals surface area contributed by atoms with E-state index in [-0.39, 0.29) is 0 Å². The van der Waals surface area contributed by atoms with Gasteiger partial charge in [-0.05, 0) is 0 Å². The van der Waals surface area contributed by atoms with Gasteiger partial charge in [-0.1, -0.05) is 0 Å². The maximum atomic E-state index is 3.95. The summed E-state index contributed by atoms with van der Waals surface area (Å²) in [4.78, 5) is 7.92. The molecule has 76 valence electrons. The molecule has 3 aliphatic carbocycles. The molecular formula is C11H21BrSn. The van der Waals surface area contributed by atoms with Gasteiger partial charge in [0.2, 0.25) is 0 Å². The van der Waals surface area contributed by atoms with E-state index in [9.17, 15) is 0 Å². The van der Waals surface area contributed by atoms with Gasteiger partial charge in [-0.15, -0.1) is 0 Å². The first-order chi connectivity index (χ1) is 5.87. The quantitative estimate of drug-likeness (QED) is 0.479. The fourth-order valence-electron chi connectivity index (χ4n) is 3.26. The normalized spacial score (nSPS) is 45.2. The van der Waals surface area contributed by atoms with Crippen LogP contribution in [0.4, 0.5) is 0 Å². The second-order valence-corrected chi connectivity index (χ2v) is 23.7. The third kappa shape index (κ3) is 1.73. The molecule has 0 aromatic rings. The second kappa shape index (κ2) is 3.13. The predicted octanol–water partition coefficient (Wildman–Crippen LogP) is 4.57. The van der Waals surface area contributed by atoms with Crippen LogP contribution in [0.3, 0.4) is 0 Å². The fraction of sp³-hybridized carbons (Fsp3) is 1.00. The first-order valence-corrected chi connectivity index (χ1v) is 16.3. The van der Waals surface area contributed by atoms with E-state index in [1.165, 1.54) is 38.5 Å². The molecule has 0 radical (unpaired) electrons. The molecule has 0 aliphatic heterocycles. The predicted molar refractivity (Wildman–Crippen MR) is 65.4 cm³/mol. The van der Waals surface area contributed by atoms with Crippen molar-refractivity contribution in [3.8, 4) is 0 Å². The maximum absolute atomic E-state index is 3.95. The Balaban J connectivity index is 2.20. The molecular weight excluding hydrogens is 331 g/mol. The van der Waals surface area contributed by atoms with Gasteiger partial charge >= 0.3 is 95.4 Å². The third-order valence-corrected chi connectivity index (χ3v) is 17.2. The van der Waals surface area contributed by atoms with Crippen LogP contribution in [-0.2, 0) is 0 Å². The summed E-state index contributed by atoms with van der Waals surface area (Å²) in [5.41, 5.74) is 0. The van der Waals surface area contributed by atoms with Crippen molar-refractivity contribution in [3.05, 3.63) is 0 Å². The van der Waals surface area contributed by atoms with Gasteiger partial charge in [-0.2, -0.15) is 0 Å². The molecule has 0 heterocycles. The molecule has 0 saturated heterocycles. The van der Waals surface area contributed by atoms with Gasteiger partial charge in [0.05, 0.1) is 0 Å². The Bertz CT molecular complexity index is 192. The van der Waals surface area contributed by atoms with E-state index in [1.807, 2.05) is 0 Å². The third-order valence-electron chi connectivity index (χ3n) is 4.75. The zero-order chi connectivity index (χ0) is 9.74. The Hall–Kier alpha value is 1.28. The van der Waals surface area contributed by atoms with Crippen LogP contribution in [0.1, 0.15) is 38.5 Å². The molecule has 0 aromatic carbocycles. The van der Waals surface area contributed by atoms with Crippen molar-refractivity contribution in [1.29, 1.82) is 0 Å². The molecule has 0 atom stereocenters. The van der Waals surface area contributed by atoms with Gasteiger partial charge < -0.3 is 0 Å². The van der Waals surface area contributed by atoms with Gasteiger partial charge in [0.15, 0.2) is 0 Å². The van der Waals surface area contributed by atoms with Gasteiger partial charge in [0, 0.05) is 0 Å². The fourth-order valence-corrected chi connectivity index (χ4v) is 11.4. The van der Waals surface area contributed by atoms with Crippen molar-refractivity contribution in [3.63, 3.8) is 0 Å².